The lowest BCUT2D eigenvalue weighted by molar-refractivity contribution is 0.141. The second-order valence-electron chi connectivity index (χ2n) is 5.33. The van der Waals surface area contributed by atoms with E-state index in [0.29, 0.717) is 6.04 Å². The largest absolute Gasteiger partial charge is 0.329 e. The van der Waals surface area contributed by atoms with Crippen molar-refractivity contribution < 1.29 is 0 Å². The lowest BCUT2D eigenvalue weighted by atomic mass is 9.94. The van der Waals surface area contributed by atoms with Gasteiger partial charge in [0, 0.05) is 12.6 Å². The molecule has 0 amide bonds. The minimum absolute atomic E-state index is 0.406. The van der Waals surface area contributed by atoms with Crippen molar-refractivity contribution in [3.8, 4) is 0 Å². The molecule has 1 aromatic carbocycles. The van der Waals surface area contributed by atoms with Gasteiger partial charge in [0.2, 0.25) is 0 Å². The van der Waals surface area contributed by atoms with Gasteiger partial charge in [-0.25, -0.2) is 0 Å². The van der Waals surface area contributed by atoms with Crippen LogP contribution in [-0.4, -0.2) is 24.5 Å². The van der Waals surface area contributed by atoms with Crippen LogP contribution in [0.4, 0.5) is 0 Å². The van der Waals surface area contributed by atoms with Crippen molar-refractivity contribution in [2.45, 2.75) is 32.7 Å². The highest BCUT2D eigenvalue weighted by atomic mass is 15.2. The molecule has 2 nitrogen and oxygen atoms in total. The number of hydrogen-bond acceptors (Lipinski definition) is 2. The summed E-state index contributed by atoms with van der Waals surface area (Å²) in [5.41, 5.74) is 8.77. The summed E-state index contributed by atoms with van der Waals surface area (Å²) in [5, 5.41) is 0. The number of nitrogens with two attached hydrogens (primary N) is 1. The molecule has 94 valence electrons. The van der Waals surface area contributed by atoms with E-state index in [-0.39, 0.29) is 0 Å². The average Bonchev–Trinajstić information content (AvgIpc) is 2.35. The maximum Gasteiger partial charge on any atom is 0.0473 e. The van der Waals surface area contributed by atoms with E-state index < -0.39 is 0 Å². The molecule has 0 saturated carbocycles. The Morgan fingerprint density at radius 3 is 2.53 bits per heavy atom. The van der Waals surface area contributed by atoms with E-state index in [0.717, 1.165) is 12.5 Å². The minimum atomic E-state index is 0.406. The zero-order valence-electron chi connectivity index (χ0n) is 11.0. The summed E-state index contributed by atoms with van der Waals surface area (Å²) >= 11 is 0. The molecule has 1 atom stereocenters. The first-order valence-electron chi connectivity index (χ1n) is 6.72. The molecule has 2 N–H and O–H groups in total. The fourth-order valence-electron chi connectivity index (χ4n) is 2.77. The summed E-state index contributed by atoms with van der Waals surface area (Å²) in [6, 6.07) is 9.04. The van der Waals surface area contributed by atoms with E-state index >= 15 is 0 Å². The minimum Gasteiger partial charge on any atom is -0.329 e. The molecule has 2 rings (SSSR count). The Labute approximate surface area is 105 Å². The summed E-state index contributed by atoms with van der Waals surface area (Å²) in [7, 11) is 0. The SMILES string of the molecule is Cc1ccccc1[C@@H](CN)N1CCC(C)CC1. The van der Waals surface area contributed by atoms with Crippen molar-refractivity contribution in [2.75, 3.05) is 19.6 Å². The fourth-order valence-corrected chi connectivity index (χ4v) is 2.77. The van der Waals surface area contributed by atoms with E-state index in [2.05, 4.69) is 43.0 Å². The van der Waals surface area contributed by atoms with Crippen LogP contribution in [-0.2, 0) is 0 Å². The van der Waals surface area contributed by atoms with Crippen LogP contribution in [0.3, 0.4) is 0 Å². The first-order chi connectivity index (χ1) is 8.22. The van der Waals surface area contributed by atoms with Crippen LogP contribution in [0.25, 0.3) is 0 Å². The number of piperidine rings is 1. The van der Waals surface area contributed by atoms with Crippen molar-refractivity contribution in [2.24, 2.45) is 11.7 Å². The topological polar surface area (TPSA) is 29.3 Å². The fraction of sp³-hybridized carbons (Fsp3) is 0.600. The molecule has 1 fully saturated rings. The van der Waals surface area contributed by atoms with Crippen molar-refractivity contribution in [3.05, 3.63) is 35.4 Å². The lowest BCUT2D eigenvalue weighted by Gasteiger charge is -2.37. The van der Waals surface area contributed by atoms with Gasteiger partial charge in [-0.3, -0.25) is 4.90 Å². The van der Waals surface area contributed by atoms with Gasteiger partial charge < -0.3 is 5.73 Å². The summed E-state index contributed by atoms with van der Waals surface area (Å²) in [5.74, 6) is 0.876. The lowest BCUT2D eigenvalue weighted by Crippen LogP contribution is -2.39. The van der Waals surface area contributed by atoms with Gasteiger partial charge in [0.1, 0.15) is 0 Å². The molecule has 1 saturated heterocycles. The highest BCUT2D eigenvalue weighted by Crippen LogP contribution is 2.27. The first kappa shape index (κ1) is 12.6. The Kier molecular flexibility index (Phi) is 4.19. The van der Waals surface area contributed by atoms with Gasteiger partial charge in [0.25, 0.3) is 0 Å². The molecule has 0 spiro atoms. The Balaban J connectivity index is 2.14. The van der Waals surface area contributed by atoms with Crippen molar-refractivity contribution in [3.63, 3.8) is 0 Å². The Morgan fingerprint density at radius 2 is 1.94 bits per heavy atom. The number of benzene rings is 1. The number of aryl methyl sites for hydroxylation is 1. The van der Waals surface area contributed by atoms with Crippen LogP contribution in [0.5, 0.6) is 0 Å². The van der Waals surface area contributed by atoms with Crippen molar-refractivity contribution in [1.82, 2.24) is 4.90 Å². The molecule has 1 heterocycles. The van der Waals surface area contributed by atoms with Crippen molar-refractivity contribution >= 4 is 0 Å². The number of hydrogen-bond donors (Lipinski definition) is 1. The summed E-state index contributed by atoms with van der Waals surface area (Å²) in [6.07, 6.45) is 2.62. The van der Waals surface area contributed by atoms with Gasteiger partial charge in [-0.1, -0.05) is 31.2 Å². The Morgan fingerprint density at radius 1 is 1.29 bits per heavy atom. The highest BCUT2D eigenvalue weighted by molar-refractivity contribution is 5.29. The molecule has 17 heavy (non-hydrogen) atoms. The molecular weight excluding hydrogens is 208 g/mol. The van der Waals surface area contributed by atoms with Gasteiger partial charge in [0.05, 0.1) is 0 Å². The molecule has 0 aromatic heterocycles. The second kappa shape index (κ2) is 5.65. The zero-order valence-corrected chi connectivity index (χ0v) is 11.0. The van der Waals surface area contributed by atoms with Gasteiger partial charge in [-0.15, -0.1) is 0 Å². The third-order valence-electron chi connectivity index (χ3n) is 4.03. The zero-order chi connectivity index (χ0) is 12.3. The van der Waals surface area contributed by atoms with E-state index in [4.69, 9.17) is 5.73 Å². The number of rotatable bonds is 3. The second-order valence-corrected chi connectivity index (χ2v) is 5.33. The number of likely N-dealkylation sites (tertiary alicyclic amines) is 1. The predicted octanol–water partition coefficient (Wildman–Crippen LogP) is 2.73. The van der Waals surface area contributed by atoms with Crippen LogP contribution in [0.2, 0.25) is 0 Å². The summed E-state index contributed by atoms with van der Waals surface area (Å²) in [4.78, 5) is 2.56. The monoisotopic (exact) mass is 232 g/mol. The molecular formula is C15H24N2. The summed E-state index contributed by atoms with van der Waals surface area (Å²) < 4.78 is 0. The van der Waals surface area contributed by atoms with Crippen LogP contribution in [0, 0.1) is 12.8 Å². The van der Waals surface area contributed by atoms with Gasteiger partial charge in [-0.2, -0.15) is 0 Å². The van der Waals surface area contributed by atoms with Crippen LogP contribution in [0.15, 0.2) is 24.3 Å². The number of nitrogens with zero attached hydrogens (tertiary/aromatic N) is 1. The highest BCUT2D eigenvalue weighted by Gasteiger charge is 2.24. The maximum atomic E-state index is 6.00. The predicted molar refractivity (Wildman–Crippen MR) is 72.9 cm³/mol. The standard InChI is InChI=1S/C15H24N2/c1-12-7-9-17(10-8-12)15(11-16)14-6-4-3-5-13(14)2/h3-6,12,15H,7-11,16H2,1-2H3/t15-/m1/s1. The van der Waals surface area contributed by atoms with Gasteiger partial charge >= 0.3 is 0 Å². The molecule has 1 aliphatic heterocycles. The molecule has 2 heteroatoms. The van der Waals surface area contributed by atoms with Crippen LogP contribution < -0.4 is 5.73 Å². The molecule has 0 unspecified atom stereocenters. The normalized spacial score (nSPS) is 20.4. The molecule has 0 bridgehead atoms. The average molecular weight is 232 g/mol. The maximum absolute atomic E-state index is 6.00. The van der Waals surface area contributed by atoms with Crippen LogP contribution in [0.1, 0.15) is 36.9 Å². The van der Waals surface area contributed by atoms with Crippen molar-refractivity contribution in [1.29, 1.82) is 0 Å². The Bertz CT molecular complexity index is 354. The molecule has 0 aliphatic carbocycles. The van der Waals surface area contributed by atoms with Crippen LogP contribution >= 0.6 is 0 Å². The third kappa shape index (κ3) is 2.88. The molecule has 1 aromatic rings. The smallest absolute Gasteiger partial charge is 0.0473 e. The third-order valence-corrected chi connectivity index (χ3v) is 4.03. The van der Waals surface area contributed by atoms with E-state index in [9.17, 15) is 0 Å². The van der Waals surface area contributed by atoms with E-state index in [1.165, 1.54) is 37.1 Å². The van der Waals surface area contributed by atoms with E-state index in [1.807, 2.05) is 0 Å². The molecule has 0 radical (unpaired) electrons. The van der Waals surface area contributed by atoms with E-state index in [1.54, 1.807) is 0 Å². The summed E-state index contributed by atoms with van der Waals surface area (Å²) in [6.45, 7) is 7.64. The first-order valence-corrected chi connectivity index (χ1v) is 6.72. The van der Waals surface area contributed by atoms with Gasteiger partial charge in [-0.05, 0) is 49.9 Å². The van der Waals surface area contributed by atoms with Gasteiger partial charge in [0.15, 0.2) is 0 Å². The Hall–Kier alpha value is -0.860. The quantitative estimate of drug-likeness (QED) is 0.868. The molecule has 1 aliphatic rings.